The summed E-state index contributed by atoms with van der Waals surface area (Å²) in [5, 5.41) is 20.9. The summed E-state index contributed by atoms with van der Waals surface area (Å²) in [4.78, 5) is 14.6. The zero-order valence-corrected chi connectivity index (χ0v) is 12.1. The van der Waals surface area contributed by atoms with Crippen molar-refractivity contribution in [3.63, 3.8) is 0 Å². The van der Waals surface area contributed by atoms with Gasteiger partial charge >= 0.3 is 5.97 Å². The molecule has 0 spiro atoms. The smallest absolute Gasteiger partial charge is 0.303 e. The molecule has 0 fully saturated rings. The van der Waals surface area contributed by atoms with Crippen LogP contribution in [0.2, 0.25) is 0 Å². The number of hydrogen-bond donors (Lipinski definition) is 2. The molecule has 0 unspecified atom stereocenters. The Morgan fingerprint density at radius 2 is 2.05 bits per heavy atom. The maximum atomic E-state index is 10.4. The Hall–Kier alpha value is -2.09. The Bertz CT molecular complexity index is 507. The third-order valence-electron chi connectivity index (χ3n) is 3.07. The lowest BCUT2D eigenvalue weighted by atomic mass is 10.1. The van der Waals surface area contributed by atoms with E-state index in [9.17, 15) is 4.79 Å². The number of nitrogens with zero attached hydrogens (tertiary/aromatic N) is 2. The van der Waals surface area contributed by atoms with Crippen molar-refractivity contribution >= 4 is 11.7 Å². The third kappa shape index (κ3) is 5.27. The minimum Gasteiger partial charge on any atom is -0.481 e. The van der Waals surface area contributed by atoms with Gasteiger partial charge in [-0.05, 0) is 32.8 Å². The summed E-state index contributed by atoms with van der Waals surface area (Å²) in [6.45, 7) is 4.53. The number of carboxylic acids is 1. The van der Waals surface area contributed by atoms with Crippen LogP contribution in [-0.4, -0.2) is 22.6 Å². The number of rotatable bonds is 8. The number of nitrogens with one attached hydrogen (secondary N) is 1. The molecule has 1 heterocycles. The molecule has 1 rings (SSSR count). The summed E-state index contributed by atoms with van der Waals surface area (Å²) in [6, 6.07) is 4.06. The summed E-state index contributed by atoms with van der Waals surface area (Å²) in [5.74, 6) is -0.732. The first kappa shape index (κ1) is 16.0. The van der Waals surface area contributed by atoms with E-state index in [2.05, 4.69) is 16.4 Å². The van der Waals surface area contributed by atoms with Gasteiger partial charge in [0.1, 0.15) is 6.07 Å². The van der Waals surface area contributed by atoms with Crippen molar-refractivity contribution in [2.24, 2.45) is 0 Å². The van der Waals surface area contributed by atoms with E-state index < -0.39 is 5.97 Å². The quantitative estimate of drug-likeness (QED) is 0.712. The largest absolute Gasteiger partial charge is 0.481 e. The Balaban J connectivity index is 2.36. The third-order valence-corrected chi connectivity index (χ3v) is 3.07. The number of carbonyl (C=O) groups is 1. The second-order valence-corrected chi connectivity index (χ2v) is 4.87. The molecule has 0 saturated heterocycles. The monoisotopic (exact) mass is 275 g/mol. The van der Waals surface area contributed by atoms with Crippen LogP contribution < -0.4 is 5.32 Å². The van der Waals surface area contributed by atoms with Gasteiger partial charge in [-0.25, -0.2) is 0 Å². The Morgan fingerprint density at radius 3 is 2.70 bits per heavy atom. The number of aliphatic carboxylic acids is 1. The topological polar surface area (TPSA) is 86.0 Å². The molecule has 5 nitrogen and oxygen atoms in total. The lowest BCUT2D eigenvalue weighted by Crippen LogP contribution is -2.06. The number of nitriles is 1. The SMILES string of the molecule is Cc1cc(NCCCCCCC(=O)O)c(C#N)c(C)n1. The van der Waals surface area contributed by atoms with E-state index >= 15 is 0 Å². The first-order chi connectivity index (χ1) is 9.54. The zero-order chi connectivity index (χ0) is 15.0. The summed E-state index contributed by atoms with van der Waals surface area (Å²) in [5.41, 5.74) is 3.08. The van der Waals surface area contributed by atoms with E-state index in [1.54, 1.807) is 0 Å². The van der Waals surface area contributed by atoms with Crippen LogP contribution in [0, 0.1) is 25.2 Å². The van der Waals surface area contributed by atoms with Crippen LogP contribution in [0.15, 0.2) is 6.07 Å². The molecule has 0 atom stereocenters. The van der Waals surface area contributed by atoms with Crippen LogP contribution in [0.25, 0.3) is 0 Å². The molecule has 0 aromatic carbocycles. The fourth-order valence-electron chi connectivity index (χ4n) is 2.09. The molecule has 0 saturated carbocycles. The molecular weight excluding hydrogens is 254 g/mol. The number of unbranched alkanes of at least 4 members (excludes halogenated alkanes) is 3. The van der Waals surface area contributed by atoms with E-state index in [0.29, 0.717) is 5.56 Å². The number of aromatic nitrogens is 1. The van der Waals surface area contributed by atoms with Crippen molar-refractivity contribution in [2.45, 2.75) is 46.0 Å². The van der Waals surface area contributed by atoms with Crippen molar-refractivity contribution in [1.29, 1.82) is 5.26 Å². The van der Waals surface area contributed by atoms with Crippen LogP contribution in [0.4, 0.5) is 5.69 Å². The molecule has 0 aliphatic carbocycles. The number of anilines is 1. The predicted molar refractivity (Wildman–Crippen MR) is 77.6 cm³/mol. The van der Waals surface area contributed by atoms with Gasteiger partial charge in [0.05, 0.1) is 16.9 Å². The number of carboxylic acid groups (broad SMARTS) is 1. The average molecular weight is 275 g/mol. The highest BCUT2D eigenvalue weighted by molar-refractivity contribution is 5.66. The second kappa shape index (κ2) is 8.16. The molecule has 20 heavy (non-hydrogen) atoms. The van der Waals surface area contributed by atoms with Gasteiger partial charge in [-0.1, -0.05) is 12.8 Å². The Kier molecular flexibility index (Phi) is 6.51. The fraction of sp³-hybridized carbons (Fsp3) is 0.533. The summed E-state index contributed by atoms with van der Waals surface area (Å²) >= 11 is 0. The van der Waals surface area contributed by atoms with Gasteiger partial charge in [0, 0.05) is 18.7 Å². The maximum Gasteiger partial charge on any atom is 0.303 e. The average Bonchev–Trinajstić information content (AvgIpc) is 2.36. The van der Waals surface area contributed by atoms with E-state index in [1.807, 2.05) is 19.9 Å². The molecule has 0 aliphatic rings. The maximum absolute atomic E-state index is 10.4. The molecule has 0 radical (unpaired) electrons. The van der Waals surface area contributed by atoms with Crippen LogP contribution in [0.1, 0.15) is 49.1 Å². The lowest BCUT2D eigenvalue weighted by molar-refractivity contribution is -0.137. The van der Waals surface area contributed by atoms with Crippen LogP contribution >= 0.6 is 0 Å². The highest BCUT2D eigenvalue weighted by Crippen LogP contribution is 2.18. The predicted octanol–water partition coefficient (Wildman–Crippen LogP) is 3.02. The van der Waals surface area contributed by atoms with Crippen molar-refractivity contribution in [3.05, 3.63) is 23.0 Å². The second-order valence-electron chi connectivity index (χ2n) is 4.87. The summed E-state index contributed by atoms with van der Waals surface area (Å²) in [7, 11) is 0. The Morgan fingerprint density at radius 1 is 1.35 bits per heavy atom. The summed E-state index contributed by atoms with van der Waals surface area (Å²) in [6.07, 6.45) is 3.85. The molecule has 2 N–H and O–H groups in total. The van der Waals surface area contributed by atoms with Crippen molar-refractivity contribution in [2.75, 3.05) is 11.9 Å². The molecule has 0 aliphatic heterocycles. The van der Waals surface area contributed by atoms with E-state index in [1.165, 1.54) is 0 Å². The number of aryl methyl sites for hydroxylation is 2. The molecule has 5 heteroatoms. The molecule has 1 aromatic heterocycles. The lowest BCUT2D eigenvalue weighted by Gasteiger charge is -2.10. The minimum absolute atomic E-state index is 0.245. The standard InChI is InChI=1S/C15H21N3O2/c1-11-9-14(13(10-16)12(2)18-11)17-8-6-4-3-5-7-15(19)20/h9H,3-8H2,1-2H3,(H,17,18)(H,19,20). The van der Waals surface area contributed by atoms with Crippen LogP contribution in [0.3, 0.4) is 0 Å². The van der Waals surface area contributed by atoms with E-state index in [-0.39, 0.29) is 6.42 Å². The van der Waals surface area contributed by atoms with Gasteiger partial charge in [-0.2, -0.15) is 5.26 Å². The van der Waals surface area contributed by atoms with Gasteiger partial charge in [0.2, 0.25) is 0 Å². The van der Waals surface area contributed by atoms with Gasteiger partial charge in [-0.3, -0.25) is 9.78 Å². The normalized spacial score (nSPS) is 10.1. The number of hydrogen-bond acceptors (Lipinski definition) is 4. The van der Waals surface area contributed by atoms with Crippen molar-refractivity contribution < 1.29 is 9.90 Å². The van der Waals surface area contributed by atoms with Crippen LogP contribution in [-0.2, 0) is 4.79 Å². The molecule has 0 bridgehead atoms. The van der Waals surface area contributed by atoms with Gasteiger partial charge in [-0.15, -0.1) is 0 Å². The minimum atomic E-state index is -0.732. The fourth-order valence-corrected chi connectivity index (χ4v) is 2.09. The van der Waals surface area contributed by atoms with Gasteiger partial charge < -0.3 is 10.4 Å². The highest BCUT2D eigenvalue weighted by atomic mass is 16.4. The first-order valence-electron chi connectivity index (χ1n) is 6.88. The van der Waals surface area contributed by atoms with Crippen molar-refractivity contribution in [1.82, 2.24) is 4.98 Å². The van der Waals surface area contributed by atoms with Crippen molar-refractivity contribution in [3.8, 4) is 6.07 Å². The molecule has 1 aromatic rings. The number of pyridine rings is 1. The Labute approximate surface area is 119 Å². The van der Waals surface area contributed by atoms with Gasteiger partial charge in [0.25, 0.3) is 0 Å². The zero-order valence-electron chi connectivity index (χ0n) is 12.1. The first-order valence-corrected chi connectivity index (χ1v) is 6.88. The van der Waals surface area contributed by atoms with Crippen LogP contribution in [0.5, 0.6) is 0 Å². The highest BCUT2D eigenvalue weighted by Gasteiger charge is 2.07. The molecule has 108 valence electrons. The van der Waals surface area contributed by atoms with E-state index in [0.717, 1.165) is 49.3 Å². The molecular formula is C15H21N3O2. The van der Waals surface area contributed by atoms with Gasteiger partial charge in [0.15, 0.2) is 0 Å². The van der Waals surface area contributed by atoms with E-state index in [4.69, 9.17) is 10.4 Å². The molecule has 0 amide bonds. The summed E-state index contributed by atoms with van der Waals surface area (Å²) < 4.78 is 0.